The maximum atomic E-state index is 12.7. The van der Waals surface area contributed by atoms with Crippen molar-refractivity contribution in [2.24, 2.45) is 5.92 Å². The molecule has 0 spiro atoms. The van der Waals surface area contributed by atoms with Crippen molar-refractivity contribution in [3.63, 3.8) is 0 Å². The molecule has 1 atom stereocenters. The van der Waals surface area contributed by atoms with Crippen LogP contribution in [-0.2, 0) is 4.79 Å². The van der Waals surface area contributed by atoms with Gasteiger partial charge in [-0.05, 0) is 30.0 Å². The molecule has 1 aromatic rings. The van der Waals surface area contributed by atoms with E-state index in [2.05, 4.69) is 0 Å². The zero-order valence-electron chi connectivity index (χ0n) is 9.03. The highest BCUT2D eigenvalue weighted by Crippen LogP contribution is 2.35. The normalized spacial score (nSPS) is 17.8. The van der Waals surface area contributed by atoms with Gasteiger partial charge >= 0.3 is 5.97 Å². The molecule has 0 amide bonds. The van der Waals surface area contributed by atoms with Gasteiger partial charge in [0.05, 0.1) is 5.92 Å². The van der Waals surface area contributed by atoms with Crippen LogP contribution in [0.1, 0.15) is 37.2 Å². The summed E-state index contributed by atoms with van der Waals surface area (Å²) >= 11 is 0. The number of halogens is 1. The number of aliphatic carboxylic acids is 1. The summed E-state index contributed by atoms with van der Waals surface area (Å²) in [5, 5.41) is 9.17. The van der Waals surface area contributed by atoms with E-state index in [4.69, 9.17) is 0 Å². The molecule has 0 heterocycles. The van der Waals surface area contributed by atoms with Gasteiger partial charge < -0.3 is 5.11 Å². The molecule has 0 radical (unpaired) electrons. The predicted octanol–water partition coefficient (Wildman–Crippen LogP) is 3.18. The predicted molar refractivity (Wildman–Crippen MR) is 58.7 cm³/mol. The third-order valence-electron chi connectivity index (χ3n) is 3.36. The topological polar surface area (TPSA) is 37.3 Å². The first-order chi connectivity index (χ1) is 7.66. The van der Waals surface area contributed by atoms with E-state index in [1.165, 1.54) is 18.6 Å². The average Bonchev–Trinajstić information content (AvgIpc) is 2.18. The van der Waals surface area contributed by atoms with Crippen molar-refractivity contribution < 1.29 is 14.3 Å². The molecular weight excluding hydrogens is 207 g/mol. The van der Waals surface area contributed by atoms with E-state index in [9.17, 15) is 14.3 Å². The summed E-state index contributed by atoms with van der Waals surface area (Å²) < 4.78 is 12.7. The summed E-state index contributed by atoms with van der Waals surface area (Å²) in [4.78, 5) is 11.2. The fourth-order valence-electron chi connectivity index (χ4n) is 2.14. The van der Waals surface area contributed by atoms with Gasteiger partial charge in [-0.3, -0.25) is 4.79 Å². The van der Waals surface area contributed by atoms with Crippen LogP contribution in [0.4, 0.5) is 4.39 Å². The van der Waals surface area contributed by atoms with Gasteiger partial charge in [0.2, 0.25) is 0 Å². The first-order valence-electron chi connectivity index (χ1n) is 5.65. The third-order valence-corrected chi connectivity index (χ3v) is 3.36. The molecule has 0 aliphatic heterocycles. The molecule has 1 fully saturated rings. The molecular formula is C13H15FO2. The SMILES string of the molecule is O=C(O)C(CC1CCC1)c1ccc(F)cc1. The maximum Gasteiger partial charge on any atom is 0.310 e. The van der Waals surface area contributed by atoms with Crippen molar-refractivity contribution in [3.05, 3.63) is 35.6 Å². The highest BCUT2D eigenvalue weighted by molar-refractivity contribution is 5.76. The molecule has 1 aliphatic rings. The number of rotatable bonds is 4. The molecule has 16 heavy (non-hydrogen) atoms. The summed E-state index contributed by atoms with van der Waals surface area (Å²) in [6, 6.07) is 5.80. The monoisotopic (exact) mass is 222 g/mol. The zero-order chi connectivity index (χ0) is 11.5. The number of carboxylic acid groups (broad SMARTS) is 1. The Morgan fingerprint density at radius 1 is 1.38 bits per heavy atom. The van der Waals surface area contributed by atoms with Gasteiger partial charge in [-0.1, -0.05) is 31.4 Å². The second-order valence-electron chi connectivity index (χ2n) is 4.48. The molecule has 0 bridgehead atoms. The van der Waals surface area contributed by atoms with Crippen LogP contribution in [0.5, 0.6) is 0 Å². The van der Waals surface area contributed by atoms with E-state index in [0.29, 0.717) is 17.9 Å². The molecule has 1 N–H and O–H groups in total. The first-order valence-corrected chi connectivity index (χ1v) is 5.65. The van der Waals surface area contributed by atoms with Gasteiger partial charge in [0.1, 0.15) is 5.82 Å². The smallest absolute Gasteiger partial charge is 0.310 e. The molecule has 3 heteroatoms. The number of benzene rings is 1. The van der Waals surface area contributed by atoms with Crippen molar-refractivity contribution in [1.82, 2.24) is 0 Å². The number of hydrogen-bond donors (Lipinski definition) is 1. The Bertz CT molecular complexity index is 368. The molecule has 86 valence electrons. The quantitative estimate of drug-likeness (QED) is 0.849. The van der Waals surface area contributed by atoms with Crippen molar-refractivity contribution in [2.45, 2.75) is 31.6 Å². The summed E-state index contributed by atoms with van der Waals surface area (Å²) in [6.45, 7) is 0. The fourth-order valence-corrected chi connectivity index (χ4v) is 2.14. The van der Waals surface area contributed by atoms with Crippen LogP contribution in [0.15, 0.2) is 24.3 Å². The molecule has 2 nitrogen and oxygen atoms in total. The Hall–Kier alpha value is -1.38. The molecule has 0 aromatic heterocycles. The van der Waals surface area contributed by atoms with Gasteiger partial charge in [-0.25, -0.2) is 4.39 Å². The van der Waals surface area contributed by atoms with Crippen LogP contribution in [0.3, 0.4) is 0 Å². The lowest BCUT2D eigenvalue weighted by molar-refractivity contribution is -0.139. The van der Waals surface area contributed by atoms with Crippen molar-refractivity contribution in [2.75, 3.05) is 0 Å². The summed E-state index contributed by atoms with van der Waals surface area (Å²) in [7, 11) is 0. The lowest BCUT2D eigenvalue weighted by Crippen LogP contribution is -2.20. The second-order valence-corrected chi connectivity index (χ2v) is 4.48. The highest BCUT2D eigenvalue weighted by atomic mass is 19.1. The summed E-state index contributed by atoms with van der Waals surface area (Å²) in [6.07, 6.45) is 4.15. The fraction of sp³-hybridized carbons (Fsp3) is 0.462. The third kappa shape index (κ3) is 2.40. The van der Waals surface area contributed by atoms with Gasteiger partial charge in [0.25, 0.3) is 0 Å². The largest absolute Gasteiger partial charge is 0.481 e. The molecule has 0 saturated heterocycles. The highest BCUT2D eigenvalue weighted by Gasteiger charge is 2.27. The Morgan fingerprint density at radius 3 is 2.44 bits per heavy atom. The lowest BCUT2D eigenvalue weighted by Gasteiger charge is -2.28. The van der Waals surface area contributed by atoms with E-state index >= 15 is 0 Å². The molecule has 2 rings (SSSR count). The van der Waals surface area contributed by atoms with Crippen LogP contribution in [-0.4, -0.2) is 11.1 Å². The number of hydrogen-bond acceptors (Lipinski definition) is 1. The number of carboxylic acids is 1. The average molecular weight is 222 g/mol. The zero-order valence-corrected chi connectivity index (χ0v) is 9.03. The van der Waals surface area contributed by atoms with Gasteiger partial charge in [0, 0.05) is 0 Å². The van der Waals surface area contributed by atoms with Gasteiger partial charge in [-0.2, -0.15) is 0 Å². The van der Waals surface area contributed by atoms with E-state index in [0.717, 1.165) is 12.8 Å². The van der Waals surface area contributed by atoms with E-state index in [1.54, 1.807) is 12.1 Å². The Morgan fingerprint density at radius 2 is 2.00 bits per heavy atom. The van der Waals surface area contributed by atoms with Crippen molar-refractivity contribution >= 4 is 5.97 Å². The Labute approximate surface area is 94.1 Å². The number of carbonyl (C=O) groups is 1. The van der Waals surface area contributed by atoms with Crippen LogP contribution in [0.25, 0.3) is 0 Å². The van der Waals surface area contributed by atoms with Crippen LogP contribution >= 0.6 is 0 Å². The molecule has 1 aromatic carbocycles. The van der Waals surface area contributed by atoms with Gasteiger partial charge in [0.15, 0.2) is 0 Å². The molecule has 1 unspecified atom stereocenters. The van der Waals surface area contributed by atoms with Crippen LogP contribution in [0.2, 0.25) is 0 Å². The van der Waals surface area contributed by atoms with E-state index < -0.39 is 11.9 Å². The minimum absolute atomic E-state index is 0.323. The molecule has 1 saturated carbocycles. The Kier molecular flexibility index (Phi) is 3.22. The Balaban J connectivity index is 2.11. The van der Waals surface area contributed by atoms with Crippen LogP contribution in [0, 0.1) is 11.7 Å². The summed E-state index contributed by atoms with van der Waals surface area (Å²) in [5.74, 6) is -1.08. The van der Waals surface area contributed by atoms with E-state index in [-0.39, 0.29) is 5.82 Å². The molecule has 1 aliphatic carbocycles. The van der Waals surface area contributed by atoms with E-state index in [1.807, 2.05) is 0 Å². The van der Waals surface area contributed by atoms with Crippen molar-refractivity contribution in [1.29, 1.82) is 0 Å². The standard InChI is InChI=1S/C13H15FO2/c14-11-6-4-10(5-7-11)12(13(15)16)8-9-2-1-3-9/h4-7,9,12H,1-3,8H2,(H,15,16). The maximum absolute atomic E-state index is 12.7. The van der Waals surface area contributed by atoms with Gasteiger partial charge in [-0.15, -0.1) is 0 Å². The minimum Gasteiger partial charge on any atom is -0.481 e. The van der Waals surface area contributed by atoms with Crippen molar-refractivity contribution in [3.8, 4) is 0 Å². The van der Waals surface area contributed by atoms with Crippen LogP contribution < -0.4 is 0 Å². The second kappa shape index (κ2) is 4.64. The minimum atomic E-state index is -0.807. The lowest BCUT2D eigenvalue weighted by atomic mass is 9.77. The first kappa shape index (κ1) is 11.1. The summed E-state index contributed by atoms with van der Waals surface area (Å²) in [5.41, 5.74) is 0.709.